The molecule has 1 N–H and O–H groups in total. The van der Waals surface area contributed by atoms with Gasteiger partial charge in [0.2, 0.25) is 11.8 Å². The molecule has 1 atom stereocenters. The maximum atomic E-state index is 14.1. The first-order chi connectivity index (χ1) is 20.5. The molecule has 3 aromatic rings. The summed E-state index contributed by atoms with van der Waals surface area (Å²) in [7, 11) is -1.59. The number of ether oxygens (including phenoxy) is 2. The first-order valence-corrected chi connectivity index (χ1v) is 15.7. The molecular weight excluding hydrogens is 597 g/mol. The highest BCUT2D eigenvalue weighted by Crippen LogP contribution is 2.32. The molecule has 3 rings (SSSR count). The molecule has 0 aromatic heterocycles. The van der Waals surface area contributed by atoms with Crippen LogP contribution in [0.25, 0.3) is 0 Å². The van der Waals surface area contributed by atoms with Gasteiger partial charge in [-0.25, -0.2) is 12.8 Å². The number of hydrogen-bond acceptors (Lipinski definition) is 6. The van der Waals surface area contributed by atoms with Gasteiger partial charge in [-0.2, -0.15) is 0 Å². The molecule has 2 amide bonds. The molecule has 0 aliphatic carbocycles. The molecule has 0 fully saturated rings. The van der Waals surface area contributed by atoms with Crippen LogP contribution in [-0.2, 0) is 26.2 Å². The van der Waals surface area contributed by atoms with Crippen LogP contribution in [0.4, 0.5) is 10.1 Å². The van der Waals surface area contributed by atoms with Crippen molar-refractivity contribution in [2.45, 2.75) is 50.6 Å². The van der Waals surface area contributed by atoms with E-state index in [-0.39, 0.29) is 35.2 Å². The average Bonchev–Trinajstić information content (AvgIpc) is 3.00. The van der Waals surface area contributed by atoms with Gasteiger partial charge in [-0.05, 0) is 66.9 Å². The summed E-state index contributed by atoms with van der Waals surface area (Å²) in [5, 5.41) is 3.39. The van der Waals surface area contributed by atoms with E-state index < -0.39 is 34.3 Å². The number of methoxy groups -OCH3 is 2. The van der Waals surface area contributed by atoms with Gasteiger partial charge in [-0.1, -0.05) is 44.0 Å². The average molecular weight is 634 g/mol. The van der Waals surface area contributed by atoms with Crippen molar-refractivity contribution in [3.63, 3.8) is 0 Å². The predicted octanol–water partition coefficient (Wildman–Crippen LogP) is 5.42. The van der Waals surface area contributed by atoms with Crippen LogP contribution in [0.3, 0.4) is 0 Å². The van der Waals surface area contributed by atoms with E-state index in [2.05, 4.69) is 5.32 Å². The summed E-state index contributed by atoms with van der Waals surface area (Å²) >= 11 is 6.06. The maximum absolute atomic E-state index is 14.1. The molecule has 0 heterocycles. The minimum Gasteiger partial charge on any atom is -0.493 e. The summed E-state index contributed by atoms with van der Waals surface area (Å²) in [6.07, 6.45) is 1.94. The van der Waals surface area contributed by atoms with Gasteiger partial charge >= 0.3 is 0 Å². The number of nitrogens with zero attached hydrogens (tertiary/aromatic N) is 2. The number of unbranched alkanes of at least 4 members (excludes halogenated alkanes) is 1. The monoisotopic (exact) mass is 633 g/mol. The third-order valence-corrected chi connectivity index (χ3v) is 8.84. The molecule has 232 valence electrons. The van der Waals surface area contributed by atoms with Crippen LogP contribution in [0.1, 0.15) is 38.7 Å². The maximum Gasteiger partial charge on any atom is 0.264 e. The van der Waals surface area contributed by atoms with E-state index in [1.165, 1.54) is 49.5 Å². The van der Waals surface area contributed by atoms with Crippen LogP contribution < -0.4 is 19.1 Å². The normalized spacial score (nSPS) is 11.9. The Labute approximate surface area is 257 Å². The van der Waals surface area contributed by atoms with E-state index >= 15 is 0 Å². The largest absolute Gasteiger partial charge is 0.493 e. The number of anilines is 1. The molecule has 12 heteroatoms. The number of hydrogen-bond donors (Lipinski definition) is 1. The number of benzene rings is 3. The second-order valence-corrected chi connectivity index (χ2v) is 12.0. The number of carbonyl (C=O) groups excluding carboxylic acids is 2. The fourth-order valence-electron chi connectivity index (χ4n) is 4.45. The lowest BCUT2D eigenvalue weighted by molar-refractivity contribution is -0.140. The van der Waals surface area contributed by atoms with Crippen molar-refractivity contribution in [1.29, 1.82) is 0 Å². The van der Waals surface area contributed by atoms with Gasteiger partial charge in [0.25, 0.3) is 10.0 Å². The molecular formula is C31H37ClFN3O6S. The quantitative estimate of drug-likeness (QED) is 0.224. The van der Waals surface area contributed by atoms with Gasteiger partial charge in [0.15, 0.2) is 11.5 Å². The molecule has 0 aliphatic rings. The SMILES string of the molecule is CCCCNC(=O)[C@H](CC)N(Cc1ccc(Cl)cc1)C(=O)CN(c1ccc(F)cc1)S(=O)(=O)c1ccc(OC)c(OC)c1. The Morgan fingerprint density at radius 3 is 2.19 bits per heavy atom. The van der Waals surface area contributed by atoms with Crippen LogP contribution in [0.15, 0.2) is 71.6 Å². The van der Waals surface area contributed by atoms with Crippen molar-refractivity contribution in [2.75, 3.05) is 31.6 Å². The number of sulfonamides is 1. The van der Waals surface area contributed by atoms with Crippen molar-refractivity contribution in [3.05, 3.63) is 83.1 Å². The van der Waals surface area contributed by atoms with E-state index in [1.807, 2.05) is 6.92 Å². The number of carbonyl (C=O) groups is 2. The van der Waals surface area contributed by atoms with Gasteiger partial charge in [0.1, 0.15) is 18.4 Å². The summed E-state index contributed by atoms with van der Waals surface area (Å²) in [5.41, 5.74) is 0.769. The topological polar surface area (TPSA) is 105 Å². The Hall–Kier alpha value is -3.83. The van der Waals surface area contributed by atoms with Crippen LogP contribution >= 0.6 is 11.6 Å². The fourth-order valence-corrected chi connectivity index (χ4v) is 6.01. The highest BCUT2D eigenvalue weighted by molar-refractivity contribution is 7.92. The molecule has 0 bridgehead atoms. The second-order valence-electron chi connectivity index (χ2n) is 9.72. The van der Waals surface area contributed by atoms with Crippen molar-refractivity contribution in [3.8, 4) is 11.5 Å². The number of rotatable bonds is 15. The zero-order valence-corrected chi connectivity index (χ0v) is 26.3. The van der Waals surface area contributed by atoms with Gasteiger partial charge < -0.3 is 19.7 Å². The highest BCUT2D eigenvalue weighted by Gasteiger charge is 2.34. The first-order valence-electron chi connectivity index (χ1n) is 13.9. The minimum absolute atomic E-state index is 0.0311. The summed E-state index contributed by atoms with van der Waals surface area (Å²) in [6.45, 7) is 3.61. The zero-order valence-electron chi connectivity index (χ0n) is 24.7. The van der Waals surface area contributed by atoms with Gasteiger partial charge in [0.05, 0.1) is 24.8 Å². The summed E-state index contributed by atoms with van der Waals surface area (Å²) in [5.74, 6) is -1.04. The molecule has 0 saturated carbocycles. The third-order valence-electron chi connectivity index (χ3n) is 6.82. The summed E-state index contributed by atoms with van der Waals surface area (Å²) in [6, 6.07) is 14.8. The Bertz CT molecular complexity index is 1490. The molecule has 9 nitrogen and oxygen atoms in total. The van der Waals surface area contributed by atoms with Crippen LogP contribution in [-0.4, -0.2) is 58.5 Å². The Balaban J connectivity index is 2.06. The third kappa shape index (κ3) is 8.61. The van der Waals surface area contributed by atoms with Gasteiger partial charge in [0, 0.05) is 24.2 Å². The fraction of sp³-hybridized carbons (Fsp3) is 0.355. The van der Waals surface area contributed by atoms with Crippen molar-refractivity contribution < 1.29 is 31.9 Å². The van der Waals surface area contributed by atoms with Crippen LogP contribution in [0, 0.1) is 5.82 Å². The number of nitrogens with one attached hydrogen (secondary N) is 1. The van der Waals surface area contributed by atoms with Gasteiger partial charge in [-0.15, -0.1) is 0 Å². The molecule has 0 unspecified atom stereocenters. The standard InChI is InChI=1S/C31H37ClFN3O6S/c1-5-7-18-34-31(38)27(6-2)35(20-22-8-10-23(32)11-9-22)30(37)21-36(25-14-12-24(33)13-15-25)43(39,40)26-16-17-28(41-3)29(19-26)42-4/h8-17,19,27H,5-7,18,20-21H2,1-4H3,(H,34,38)/t27-/m0/s1. The zero-order chi connectivity index (χ0) is 31.6. The van der Waals surface area contributed by atoms with Crippen molar-refractivity contribution >= 4 is 39.1 Å². The number of halogens is 2. The molecule has 0 spiro atoms. The lowest BCUT2D eigenvalue weighted by Gasteiger charge is -2.33. The predicted molar refractivity (Wildman–Crippen MR) is 164 cm³/mol. The molecule has 43 heavy (non-hydrogen) atoms. The second kappa shape index (κ2) is 15.6. The van der Waals surface area contributed by atoms with E-state index in [1.54, 1.807) is 31.2 Å². The van der Waals surface area contributed by atoms with E-state index in [0.717, 1.165) is 29.3 Å². The van der Waals surface area contributed by atoms with Crippen molar-refractivity contribution in [2.24, 2.45) is 0 Å². The number of amides is 2. The molecule has 3 aromatic carbocycles. The lowest BCUT2D eigenvalue weighted by Crippen LogP contribution is -2.52. The smallest absolute Gasteiger partial charge is 0.264 e. The first kappa shape index (κ1) is 33.7. The van der Waals surface area contributed by atoms with Crippen molar-refractivity contribution in [1.82, 2.24) is 10.2 Å². The summed E-state index contributed by atoms with van der Waals surface area (Å²) in [4.78, 5) is 28.5. The van der Waals surface area contributed by atoms with Gasteiger partial charge in [-0.3, -0.25) is 13.9 Å². The van der Waals surface area contributed by atoms with E-state index in [4.69, 9.17) is 21.1 Å². The van der Waals surface area contributed by atoms with Crippen LogP contribution in [0.2, 0.25) is 5.02 Å². The Kier molecular flexibility index (Phi) is 12.2. The highest BCUT2D eigenvalue weighted by atomic mass is 35.5. The molecule has 0 saturated heterocycles. The van der Waals surface area contributed by atoms with Crippen LogP contribution in [0.5, 0.6) is 11.5 Å². The molecule has 0 radical (unpaired) electrons. The lowest BCUT2D eigenvalue weighted by atomic mass is 10.1. The summed E-state index contributed by atoms with van der Waals surface area (Å²) < 4.78 is 53.4. The Morgan fingerprint density at radius 1 is 0.953 bits per heavy atom. The van der Waals surface area contributed by atoms with E-state index in [0.29, 0.717) is 22.9 Å². The van der Waals surface area contributed by atoms with E-state index in [9.17, 15) is 22.4 Å². The minimum atomic E-state index is -4.39. The molecule has 0 aliphatic heterocycles. The Morgan fingerprint density at radius 2 is 1.60 bits per heavy atom.